The van der Waals surface area contributed by atoms with Crippen LogP contribution in [0.5, 0.6) is 5.75 Å². The van der Waals surface area contributed by atoms with E-state index in [2.05, 4.69) is 5.32 Å². The number of non-ortho nitro benzene ring substituents is 1. The van der Waals surface area contributed by atoms with Crippen molar-refractivity contribution in [1.82, 2.24) is 5.32 Å². The van der Waals surface area contributed by atoms with E-state index < -0.39 is 17.1 Å². The van der Waals surface area contributed by atoms with Gasteiger partial charge in [0.25, 0.3) is 5.69 Å². The molecule has 0 spiro atoms. The van der Waals surface area contributed by atoms with Crippen LogP contribution >= 0.6 is 11.6 Å². The monoisotopic (exact) mass is 366 g/mol. The lowest BCUT2D eigenvalue weighted by Gasteiger charge is -2.22. The molecule has 0 amide bonds. The number of halogens is 1. The highest BCUT2D eigenvalue weighted by Crippen LogP contribution is 2.20. The molecule has 8 heteroatoms. The van der Waals surface area contributed by atoms with Gasteiger partial charge < -0.3 is 20.3 Å². The molecule has 2 rings (SSSR count). The van der Waals surface area contributed by atoms with E-state index in [0.29, 0.717) is 29.5 Å². The van der Waals surface area contributed by atoms with Crippen molar-refractivity contribution in [3.05, 3.63) is 69.2 Å². The molecular formula is C17H19ClN2O5. The van der Waals surface area contributed by atoms with Crippen molar-refractivity contribution in [3.63, 3.8) is 0 Å². The summed E-state index contributed by atoms with van der Waals surface area (Å²) in [5.41, 5.74) is 0.427. The maximum absolute atomic E-state index is 10.7. The van der Waals surface area contributed by atoms with Crippen LogP contribution in [0, 0.1) is 10.1 Å². The average Bonchev–Trinajstić information content (AvgIpc) is 2.63. The Labute approximate surface area is 150 Å². The average molecular weight is 367 g/mol. The number of aliphatic hydroxyl groups is 2. The number of ether oxygens (including phenoxy) is 1. The fraction of sp³-hybridized carbons (Fsp3) is 0.294. The van der Waals surface area contributed by atoms with Gasteiger partial charge in [0.05, 0.1) is 23.7 Å². The zero-order valence-corrected chi connectivity index (χ0v) is 14.1. The molecule has 0 fully saturated rings. The van der Waals surface area contributed by atoms with Gasteiger partial charge in [0.1, 0.15) is 12.4 Å². The molecule has 0 aliphatic rings. The molecular weight excluding hydrogens is 348 g/mol. The van der Waals surface area contributed by atoms with E-state index in [1.165, 1.54) is 24.3 Å². The van der Waals surface area contributed by atoms with Crippen LogP contribution in [0.4, 0.5) is 5.69 Å². The molecule has 2 atom stereocenters. The third-order valence-electron chi connectivity index (χ3n) is 3.61. The molecule has 0 aromatic heterocycles. The first-order chi connectivity index (χ1) is 12.0. The molecule has 0 aliphatic heterocycles. The molecule has 2 aromatic carbocycles. The molecule has 0 heterocycles. The summed E-state index contributed by atoms with van der Waals surface area (Å²) in [4.78, 5) is 10.1. The summed E-state index contributed by atoms with van der Waals surface area (Å²) < 4.78 is 5.52. The summed E-state index contributed by atoms with van der Waals surface area (Å²) in [5, 5.41) is 34.0. The van der Waals surface area contributed by atoms with E-state index in [1.807, 2.05) is 0 Å². The van der Waals surface area contributed by atoms with Crippen LogP contribution in [0.3, 0.4) is 0 Å². The quantitative estimate of drug-likeness (QED) is 0.357. The van der Waals surface area contributed by atoms with Crippen LogP contribution in [0.15, 0.2) is 48.5 Å². The first kappa shape index (κ1) is 19.1. The Hall–Kier alpha value is -2.19. The largest absolute Gasteiger partial charge is 0.492 e. The zero-order chi connectivity index (χ0) is 18.2. The normalized spacial score (nSPS) is 13.2. The van der Waals surface area contributed by atoms with Gasteiger partial charge >= 0.3 is 0 Å². The van der Waals surface area contributed by atoms with Gasteiger partial charge in [-0.1, -0.05) is 11.6 Å². The van der Waals surface area contributed by atoms with E-state index in [9.17, 15) is 20.3 Å². The van der Waals surface area contributed by atoms with E-state index in [1.54, 1.807) is 24.3 Å². The lowest BCUT2D eigenvalue weighted by molar-refractivity contribution is -0.384. The van der Waals surface area contributed by atoms with Crippen molar-refractivity contribution in [2.24, 2.45) is 0 Å². The van der Waals surface area contributed by atoms with Gasteiger partial charge in [-0.2, -0.15) is 0 Å². The fourth-order valence-electron chi connectivity index (χ4n) is 2.25. The predicted octanol–water partition coefficient (Wildman–Crippen LogP) is 2.31. The maximum atomic E-state index is 10.7. The Morgan fingerprint density at radius 1 is 1.16 bits per heavy atom. The molecule has 0 aliphatic carbocycles. The van der Waals surface area contributed by atoms with Gasteiger partial charge in [0, 0.05) is 23.7 Å². The van der Waals surface area contributed by atoms with Crippen LogP contribution < -0.4 is 10.1 Å². The molecule has 0 unspecified atom stereocenters. The van der Waals surface area contributed by atoms with Gasteiger partial charge in [-0.3, -0.25) is 10.1 Å². The van der Waals surface area contributed by atoms with Crippen LogP contribution in [0.1, 0.15) is 11.7 Å². The van der Waals surface area contributed by atoms with E-state index >= 15 is 0 Å². The van der Waals surface area contributed by atoms with Crippen LogP contribution in [0.25, 0.3) is 0 Å². The predicted molar refractivity (Wildman–Crippen MR) is 93.9 cm³/mol. The van der Waals surface area contributed by atoms with E-state index in [-0.39, 0.29) is 12.3 Å². The zero-order valence-electron chi connectivity index (χ0n) is 13.3. The number of rotatable bonds is 9. The summed E-state index contributed by atoms with van der Waals surface area (Å²) in [5.74, 6) is 0.669. The topological polar surface area (TPSA) is 105 Å². The number of hydrogen-bond acceptors (Lipinski definition) is 6. The minimum absolute atomic E-state index is 0.0548. The lowest BCUT2D eigenvalue weighted by Crippen LogP contribution is -2.40. The smallest absolute Gasteiger partial charge is 0.269 e. The molecule has 7 nitrogen and oxygen atoms in total. The number of nitro benzene ring substituents is 1. The van der Waals surface area contributed by atoms with Crippen LogP contribution in [-0.4, -0.2) is 40.9 Å². The second-order valence-corrected chi connectivity index (χ2v) is 5.78. The summed E-state index contributed by atoms with van der Waals surface area (Å²) in [6.07, 6.45) is -0.999. The number of hydrogen-bond donors (Lipinski definition) is 3. The highest BCUT2D eigenvalue weighted by atomic mass is 35.5. The summed E-state index contributed by atoms with van der Waals surface area (Å²) >= 11 is 5.79. The Morgan fingerprint density at radius 3 is 2.36 bits per heavy atom. The third-order valence-corrected chi connectivity index (χ3v) is 3.87. The Bertz CT molecular complexity index is 678. The van der Waals surface area contributed by atoms with Gasteiger partial charge in [-0.25, -0.2) is 0 Å². The summed E-state index contributed by atoms with van der Waals surface area (Å²) in [7, 11) is 0. The van der Waals surface area contributed by atoms with Crippen molar-refractivity contribution in [2.75, 3.05) is 19.8 Å². The highest BCUT2D eigenvalue weighted by molar-refractivity contribution is 6.30. The number of aliphatic hydroxyl groups excluding tert-OH is 2. The van der Waals surface area contributed by atoms with Gasteiger partial charge in [-0.15, -0.1) is 0 Å². The first-order valence-corrected chi connectivity index (χ1v) is 8.04. The Morgan fingerprint density at radius 2 is 1.80 bits per heavy atom. The number of benzene rings is 2. The summed E-state index contributed by atoms with van der Waals surface area (Å²) in [6.45, 7) is 0.447. The Balaban J connectivity index is 1.84. The molecule has 2 aromatic rings. The Kier molecular flexibility index (Phi) is 7.15. The minimum Gasteiger partial charge on any atom is -0.492 e. The van der Waals surface area contributed by atoms with Gasteiger partial charge in [0.15, 0.2) is 0 Å². The summed E-state index contributed by atoms with van der Waals surface area (Å²) in [6, 6.07) is 11.9. The molecule has 0 bridgehead atoms. The standard InChI is InChI=1S/C17H19ClN2O5/c18-13-3-7-15(8-4-13)25-10-9-19-16(11-21)17(22)12-1-5-14(6-2-12)20(23)24/h1-8,16-17,19,21-22H,9-11H2/t16-,17-/m1/s1. The number of nitro groups is 1. The second-order valence-electron chi connectivity index (χ2n) is 5.34. The van der Waals surface area contributed by atoms with Crippen LogP contribution in [-0.2, 0) is 0 Å². The van der Waals surface area contributed by atoms with Gasteiger partial charge in [-0.05, 0) is 42.0 Å². The second kappa shape index (κ2) is 9.33. The van der Waals surface area contributed by atoms with Crippen molar-refractivity contribution in [2.45, 2.75) is 12.1 Å². The first-order valence-electron chi connectivity index (χ1n) is 7.66. The molecule has 3 N–H and O–H groups in total. The van der Waals surface area contributed by atoms with Crippen molar-refractivity contribution in [1.29, 1.82) is 0 Å². The lowest BCUT2D eigenvalue weighted by atomic mass is 10.0. The molecule has 25 heavy (non-hydrogen) atoms. The number of nitrogens with one attached hydrogen (secondary N) is 1. The molecule has 0 radical (unpaired) electrons. The van der Waals surface area contributed by atoms with Gasteiger partial charge in [0.2, 0.25) is 0 Å². The highest BCUT2D eigenvalue weighted by Gasteiger charge is 2.20. The molecule has 0 saturated heterocycles. The van der Waals surface area contributed by atoms with E-state index in [0.717, 1.165) is 0 Å². The SMILES string of the molecule is O=[N+]([O-])c1ccc([C@@H](O)[C@@H](CO)NCCOc2ccc(Cl)cc2)cc1. The minimum atomic E-state index is -0.999. The van der Waals surface area contributed by atoms with Crippen molar-refractivity contribution >= 4 is 17.3 Å². The van der Waals surface area contributed by atoms with Crippen molar-refractivity contribution in [3.8, 4) is 5.75 Å². The molecule has 134 valence electrons. The fourth-order valence-corrected chi connectivity index (χ4v) is 2.37. The third kappa shape index (κ3) is 5.68. The van der Waals surface area contributed by atoms with E-state index in [4.69, 9.17) is 16.3 Å². The molecule has 0 saturated carbocycles. The van der Waals surface area contributed by atoms with Crippen molar-refractivity contribution < 1.29 is 19.9 Å². The maximum Gasteiger partial charge on any atom is 0.269 e. The van der Waals surface area contributed by atoms with Crippen LogP contribution in [0.2, 0.25) is 5.02 Å². The number of nitrogens with zero attached hydrogens (tertiary/aromatic N) is 1.